The van der Waals surface area contributed by atoms with Crippen LogP contribution >= 0.6 is 11.6 Å². The molecule has 6 heteroatoms. The minimum Gasteiger partial charge on any atom is -0.497 e. The molecule has 5 nitrogen and oxygen atoms in total. The standard InChI is InChI=1S/C27H22ClNO4/c1-32-21-11-12-22(26(16-21)33-17-19-5-3-2-4-6-19)24-14-13-23(27(30)31)25(29-24)15-18-7-9-20(28)10-8-18/h2-14,16H,15,17H2,1H3,(H,30,31). The molecule has 0 saturated carbocycles. The van der Waals surface area contributed by atoms with E-state index in [1.807, 2.05) is 60.7 Å². The summed E-state index contributed by atoms with van der Waals surface area (Å²) in [6.07, 6.45) is 0.364. The van der Waals surface area contributed by atoms with Gasteiger partial charge in [0.05, 0.1) is 24.1 Å². The fourth-order valence-corrected chi connectivity index (χ4v) is 3.60. The number of pyridine rings is 1. The van der Waals surface area contributed by atoms with Crippen molar-refractivity contribution >= 4 is 17.6 Å². The lowest BCUT2D eigenvalue weighted by Crippen LogP contribution is -2.07. The van der Waals surface area contributed by atoms with Crippen LogP contribution in [-0.4, -0.2) is 23.2 Å². The zero-order chi connectivity index (χ0) is 23.2. The molecule has 1 aromatic heterocycles. The van der Waals surface area contributed by atoms with Gasteiger partial charge in [-0.05, 0) is 47.5 Å². The van der Waals surface area contributed by atoms with Crippen molar-refractivity contribution in [3.05, 3.63) is 112 Å². The van der Waals surface area contributed by atoms with Crippen molar-refractivity contribution < 1.29 is 19.4 Å². The third-order valence-corrected chi connectivity index (χ3v) is 5.44. The molecule has 4 rings (SSSR count). The second-order valence-corrected chi connectivity index (χ2v) is 7.87. The van der Waals surface area contributed by atoms with E-state index in [2.05, 4.69) is 0 Å². The number of carboxylic acid groups (broad SMARTS) is 1. The molecule has 0 bridgehead atoms. The molecule has 0 spiro atoms. The van der Waals surface area contributed by atoms with Gasteiger partial charge in [0.25, 0.3) is 0 Å². The van der Waals surface area contributed by atoms with Crippen molar-refractivity contribution in [1.82, 2.24) is 4.98 Å². The summed E-state index contributed by atoms with van der Waals surface area (Å²) in [6, 6.07) is 25.9. The summed E-state index contributed by atoms with van der Waals surface area (Å²) in [6.45, 7) is 0.381. The zero-order valence-electron chi connectivity index (χ0n) is 18.0. The minimum absolute atomic E-state index is 0.161. The van der Waals surface area contributed by atoms with Crippen LogP contribution in [0.25, 0.3) is 11.3 Å². The Kier molecular flexibility index (Phi) is 6.91. The van der Waals surface area contributed by atoms with Gasteiger partial charge in [-0.3, -0.25) is 4.98 Å². The highest BCUT2D eigenvalue weighted by Crippen LogP contribution is 2.34. The van der Waals surface area contributed by atoms with E-state index in [9.17, 15) is 9.90 Å². The topological polar surface area (TPSA) is 68.7 Å². The molecule has 0 fully saturated rings. The van der Waals surface area contributed by atoms with Gasteiger partial charge in [0.15, 0.2) is 0 Å². The van der Waals surface area contributed by atoms with Crippen molar-refractivity contribution in [2.75, 3.05) is 7.11 Å². The van der Waals surface area contributed by atoms with E-state index in [1.54, 1.807) is 31.4 Å². The average molecular weight is 460 g/mol. The number of aromatic carboxylic acids is 1. The van der Waals surface area contributed by atoms with Gasteiger partial charge >= 0.3 is 5.97 Å². The normalized spacial score (nSPS) is 10.6. The van der Waals surface area contributed by atoms with E-state index >= 15 is 0 Å². The quantitative estimate of drug-likeness (QED) is 0.336. The summed E-state index contributed by atoms with van der Waals surface area (Å²) in [5.74, 6) is 0.241. The van der Waals surface area contributed by atoms with Crippen LogP contribution in [0.3, 0.4) is 0 Å². The Bertz CT molecular complexity index is 1260. The Morgan fingerprint density at radius 3 is 2.39 bits per heavy atom. The first-order valence-electron chi connectivity index (χ1n) is 10.4. The Hall–Kier alpha value is -3.83. The molecule has 33 heavy (non-hydrogen) atoms. The van der Waals surface area contributed by atoms with Gasteiger partial charge < -0.3 is 14.6 Å². The van der Waals surface area contributed by atoms with Gasteiger partial charge in [-0.25, -0.2) is 4.79 Å². The predicted octanol–water partition coefficient (Wildman–Crippen LogP) is 6.28. The summed E-state index contributed by atoms with van der Waals surface area (Å²) in [5, 5.41) is 10.3. The Balaban J connectivity index is 1.71. The first-order chi connectivity index (χ1) is 16.0. The molecule has 3 aromatic carbocycles. The molecular weight excluding hydrogens is 438 g/mol. The first kappa shape index (κ1) is 22.4. The lowest BCUT2D eigenvalue weighted by atomic mass is 10.0. The van der Waals surface area contributed by atoms with Crippen molar-refractivity contribution in [3.63, 3.8) is 0 Å². The predicted molar refractivity (Wildman–Crippen MR) is 128 cm³/mol. The Morgan fingerprint density at radius 2 is 1.70 bits per heavy atom. The van der Waals surface area contributed by atoms with Gasteiger partial charge in [0.2, 0.25) is 0 Å². The van der Waals surface area contributed by atoms with Crippen LogP contribution < -0.4 is 9.47 Å². The number of ether oxygens (including phenoxy) is 2. The number of carbonyl (C=O) groups is 1. The van der Waals surface area contributed by atoms with Gasteiger partial charge in [-0.1, -0.05) is 54.1 Å². The smallest absolute Gasteiger partial charge is 0.337 e. The van der Waals surface area contributed by atoms with Crippen LogP contribution in [-0.2, 0) is 13.0 Å². The number of carboxylic acids is 1. The Labute approximate surface area is 197 Å². The number of methoxy groups -OCH3 is 1. The van der Waals surface area contributed by atoms with Crippen LogP contribution in [0.4, 0.5) is 0 Å². The molecule has 0 aliphatic carbocycles. The summed E-state index contributed by atoms with van der Waals surface area (Å²) in [5.41, 5.74) is 3.95. The molecule has 0 amide bonds. The van der Waals surface area contributed by atoms with E-state index in [-0.39, 0.29) is 5.56 Å². The zero-order valence-corrected chi connectivity index (χ0v) is 18.8. The number of nitrogens with zero attached hydrogens (tertiary/aromatic N) is 1. The molecule has 4 aromatic rings. The fraction of sp³-hybridized carbons (Fsp3) is 0.111. The van der Waals surface area contributed by atoms with Gasteiger partial charge in [0, 0.05) is 23.1 Å². The van der Waals surface area contributed by atoms with Crippen molar-refractivity contribution in [2.45, 2.75) is 13.0 Å². The van der Waals surface area contributed by atoms with E-state index in [4.69, 9.17) is 26.1 Å². The molecule has 0 saturated heterocycles. The molecule has 0 atom stereocenters. The number of halogens is 1. The van der Waals surface area contributed by atoms with E-state index in [0.29, 0.717) is 40.9 Å². The third kappa shape index (κ3) is 5.51. The van der Waals surface area contributed by atoms with Crippen LogP contribution in [0.5, 0.6) is 11.5 Å². The molecule has 0 unspecified atom stereocenters. The van der Waals surface area contributed by atoms with Gasteiger partial charge in [-0.2, -0.15) is 0 Å². The lowest BCUT2D eigenvalue weighted by molar-refractivity contribution is 0.0695. The molecule has 1 heterocycles. The molecule has 166 valence electrons. The highest BCUT2D eigenvalue weighted by Gasteiger charge is 2.16. The fourth-order valence-electron chi connectivity index (χ4n) is 3.47. The second-order valence-electron chi connectivity index (χ2n) is 7.44. The third-order valence-electron chi connectivity index (χ3n) is 5.19. The number of hydrogen-bond acceptors (Lipinski definition) is 4. The summed E-state index contributed by atoms with van der Waals surface area (Å²) >= 11 is 5.98. The molecule has 0 aliphatic heterocycles. The van der Waals surface area contributed by atoms with Crippen molar-refractivity contribution in [1.29, 1.82) is 0 Å². The van der Waals surface area contributed by atoms with E-state index in [0.717, 1.165) is 16.7 Å². The molecule has 1 N–H and O–H groups in total. The monoisotopic (exact) mass is 459 g/mol. The van der Waals surface area contributed by atoms with Crippen molar-refractivity contribution in [3.8, 4) is 22.8 Å². The summed E-state index contributed by atoms with van der Waals surface area (Å²) < 4.78 is 11.5. The molecular formula is C27H22ClNO4. The number of benzene rings is 3. The van der Waals surface area contributed by atoms with Crippen LogP contribution in [0.2, 0.25) is 5.02 Å². The average Bonchev–Trinajstić information content (AvgIpc) is 2.84. The number of rotatable bonds is 8. The van der Waals surface area contributed by atoms with E-state index < -0.39 is 5.97 Å². The number of hydrogen-bond donors (Lipinski definition) is 1. The highest BCUT2D eigenvalue weighted by atomic mass is 35.5. The second kappa shape index (κ2) is 10.2. The Morgan fingerprint density at radius 1 is 0.939 bits per heavy atom. The minimum atomic E-state index is -1.02. The highest BCUT2D eigenvalue weighted by molar-refractivity contribution is 6.30. The summed E-state index contributed by atoms with van der Waals surface area (Å²) in [7, 11) is 1.60. The maximum atomic E-state index is 11.8. The maximum absolute atomic E-state index is 11.8. The molecule has 0 aliphatic rings. The van der Waals surface area contributed by atoms with Crippen molar-refractivity contribution in [2.24, 2.45) is 0 Å². The van der Waals surface area contributed by atoms with Crippen LogP contribution in [0.15, 0.2) is 84.9 Å². The SMILES string of the molecule is COc1ccc(-c2ccc(C(=O)O)c(Cc3ccc(Cl)cc3)n2)c(OCc2ccccc2)c1. The lowest BCUT2D eigenvalue weighted by Gasteiger charge is -2.14. The molecule has 0 radical (unpaired) electrons. The van der Waals surface area contributed by atoms with Gasteiger partial charge in [-0.15, -0.1) is 0 Å². The maximum Gasteiger partial charge on any atom is 0.337 e. The van der Waals surface area contributed by atoms with Gasteiger partial charge in [0.1, 0.15) is 18.1 Å². The first-order valence-corrected chi connectivity index (χ1v) is 10.7. The van der Waals surface area contributed by atoms with E-state index in [1.165, 1.54) is 0 Å². The largest absolute Gasteiger partial charge is 0.497 e. The number of aromatic nitrogens is 1. The van der Waals surface area contributed by atoms with Crippen LogP contribution in [0, 0.1) is 0 Å². The van der Waals surface area contributed by atoms with Crippen LogP contribution in [0.1, 0.15) is 27.2 Å². The summed E-state index contributed by atoms with van der Waals surface area (Å²) in [4.78, 5) is 16.5.